The van der Waals surface area contributed by atoms with Gasteiger partial charge in [-0.05, 0) is 84.8 Å². The maximum Gasteiger partial charge on any atom is 0.131 e. The molecule has 160 valence electrons. The van der Waals surface area contributed by atoms with E-state index >= 15 is 4.39 Å². The molecule has 0 unspecified atom stereocenters. The van der Waals surface area contributed by atoms with Crippen molar-refractivity contribution in [2.24, 2.45) is 0 Å². The minimum atomic E-state index is -0.283. The van der Waals surface area contributed by atoms with Crippen LogP contribution in [-0.4, -0.2) is 4.98 Å². The Hall–Kier alpha value is -3.46. The molecule has 1 aromatic heterocycles. The van der Waals surface area contributed by atoms with Crippen molar-refractivity contribution >= 4 is 38.7 Å². The first-order valence-corrected chi connectivity index (χ1v) is 11.0. The Morgan fingerprint density at radius 3 is 2.47 bits per heavy atom. The van der Waals surface area contributed by atoms with Crippen molar-refractivity contribution in [2.45, 2.75) is 34.1 Å². The summed E-state index contributed by atoms with van der Waals surface area (Å²) >= 11 is 0. The molecule has 0 amide bonds. The van der Waals surface area contributed by atoms with Gasteiger partial charge in [-0.3, -0.25) is 0 Å². The van der Waals surface area contributed by atoms with Crippen molar-refractivity contribution < 1.29 is 8.78 Å². The van der Waals surface area contributed by atoms with Crippen LogP contribution in [-0.2, 0) is 6.42 Å². The number of H-pyrrole nitrogens is 1. The van der Waals surface area contributed by atoms with Crippen molar-refractivity contribution in [1.29, 1.82) is 0 Å². The monoisotopic (exact) mass is 425 g/mol. The predicted molar refractivity (Wildman–Crippen MR) is 132 cm³/mol. The predicted octanol–water partition coefficient (Wildman–Crippen LogP) is 8.63. The van der Waals surface area contributed by atoms with Gasteiger partial charge in [0.05, 0.1) is 5.52 Å². The normalized spacial score (nSPS) is 12.1. The average Bonchev–Trinajstić information content (AvgIpc) is 3.15. The molecule has 5 rings (SSSR count). The van der Waals surface area contributed by atoms with E-state index in [2.05, 4.69) is 43.1 Å². The zero-order valence-corrected chi connectivity index (χ0v) is 18.7. The molecule has 0 aliphatic heterocycles. The first kappa shape index (κ1) is 20.4. The molecule has 0 spiro atoms. The average molecular weight is 426 g/mol. The Bertz CT molecular complexity index is 1550. The maximum absolute atomic E-state index is 15.1. The van der Waals surface area contributed by atoms with Crippen LogP contribution >= 0.6 is 0 Å². The van der Waals surface area contributed by atoms with Crippen molar-refractivity contribution in [3.8, 4) is 11.1 Å². The SMILES string of the molecule is C/C=C\c1c(CC)ccc(-c2c(C)c3c(F)cccc3c3[nH]c4ccc(F)cc4c23)c1C. The fourth-order valence-corrected chi connectivity index (χ4v) is 5.15. The van der Waals surface area contributed by atoms with Crippen LogP contribution in [0.3, 0.4) is 0 Å². The molecule has 0 aliphatic carbocycles. The number of hydrogen-bond donors (Lipinski definition) is 1. The highest BCUT2D eigenvalue weighted by Gasteiger charge is 2.21. The van der Waals surface area contributed by atoms with Crippen molar-refractivity contribution in [2.75, 3.05) is 0 Å². The zero-order valence-electron chi connectivity index (χ0n) is 18.7. The van der Waals surface area contributed by atoms with E-state index in [0.29, 0.717) is 5.39 Å². The molecule has 3 heteroatoms. The lowest BCUT2D eigenvalue weighted by Crippen LogP contribution is -1.97. The van der Waals surface area contributed by atoms with Gasteiger partial charge in [-0.1, -0.05) is 43.3 Å². The van der Waals surface area contributed by atoms with Crippen LogP contribution in [0.2, 0.25) is 0 Å². The van der Waals surface area contributed by atoms with E-state index in [0.717, 1.165) is 55.9 Å². The van der Waals surface area contributed by atoms with Crippen molar-refractivity contribution in [1.82, 2.24) is 4.98 Å². The molecule has 0 saturated heterocycles. The van der Waals surface area contributed by atoms with Crippen LogP contribution in [0.5, 0.6) is 0 Å². The minimum Gasteiger partial charge on any atom is -0.354 e. The van der Waals surface area contributed by atoms with E-state index in [1.54, 1.807) is 18.2 Å². The van der Waals surface area contributed by atoms with Crippen LogP contribution in [0.1, 0.15) is 36.1 Å². The zero-order chi connectivity index (χ0) is 22.6. The first-order valence-electron chi connectivity index (χ1n) is 11.0. The molecule has 1 nitrogen and oxygen atoms in total. The number of rotatable bonds is 3. The molecule has 5 aromatic rings. The molecule has 4 aromatic carbocycles. The number of aryl methyl sites for hydroxylation is 2. The van der Waals surface area contributed by atoms with Crippen LogP contribution in [0.15, 0.2) is 54.6 Å². The van der Waals surface area contributed by atoms with E-state index in [-0.39, 0.29) is 11.6 Å². The van der Waals surface area contributed by atoms with E-state index in [1.807, 2.05) is 19.9 Å². The van der Waals surface area contributed by atoms with Crippen LogP contribution in [0, 0.1) is 25.5 Å². The molecular weight excluding hydrogens is 400 g/mol. The molecule has 0 saturated carbocycles. The number of aromatic amines is 1. The fraction of sp³-hybridized carbons (Fsp3) is 0.172. The number of aromatic nitrogens is 1. The molecule has 1 heterocycles. The van der Waals surface area contributed by atoms with E-state index < -0.39 is 0 Å². The van der Waals surface area contributed by atoms with Gasteiger partial charge < -0.3 is 4.98 Å². The van der Waals surface area contributed by atoms with Gasteiger partial charge in [0.25, 0.3) is 0 Å². The number of benzene rings is 4. The van der Waals surface area contributed by atoms with Gasteiger partial charge in [0.15, 0.2) is 0 Å². The topological polar surface area (TPSA) is 15.8 Å². The van der Waals surface area contributed by atoms with Crippen molar-refractivity contribution in [3.63, 3.8) is 0 Å². The Labute approximate surface area is 186 Å². The molecule has 0 bridgehead atoms. The largest absolute Gasteiger partial charge is 0.354 e. The first-order chi connectivity index (χ1) is 15.5. The maximum atomic E-state index is 15.1. The Kier molecular flexibility index (Phi) is 4.85. The lowest BCUT2D eigenvalue weighted by atomic mass is 9.85. The van der Waals surface area contributed by atoms with Gasteiger partial charge in [-0.25, -0.2) is 8.78 Å². The molecular formula is C29H25F2N. The second-order valence-corrected chi connectivity index (χ2v) is 8.39. The number of hydrogen-bond acceptors (Lipinski definition) is 0. The summed E-state index contributed by atoms with van der Waals surface area (Å²) in [6.07, 6.45) is 5.12. The quantitative estimate of drug-likeness (QED) is 0.298. The van der Waals surface area contributed by atoms with Crippen LogP contribution in [0.4, 0.5) is 8.78 Å². The Morgan fingerprint density at radius 2 is 1.72 bits per heavy atom. The molecule has 0 aliphatic rings. The summed E-state index contributed by atoms with van der Waals surface area (Å²) in [4.78, 5) is 3.45. The summed E-state index contributed by atoms with van der Waals surface area (Å²) in [5.41, 5.74) is 8.17. The molecule has 0 atom stereocenters. The second kappa shape index (κ2) is 7.59. The molecule has 0 fully saturated rings. The van der Waals surface area contributed by atoms with Gasteiger partial charge in [0.1, 0.15) is 11.6 Å². The number of halogens is 2. The number of nitrogens with one attached hydrogen (secondary N) is 1. The van der Waals surface area contributed by atoms with Gasteiger partial charge in [-0.2, -0.15) is 0 Å². The molecule has 1 N–H and O–H groups in total. The summed E-state index contributed by atoms with van der Waals surface area (Å²) in [5.74, 6) is -0.529. The summed E-state index contributed by atoms with van der Waals surface area (Å²) in [5, 5.41) is 3.17. The van der Waals surface area contributed by atoms with Gasteiger partial charge >= 0.3 is 0 Å². The lowest BCUT2D eigenvalue weighted by Gasteiger charge is -2.18. The van der Waals surface area contributed by atoms with Crippen LogP contribution in [0.25, 0.3) is 49.8 Å². The molecule has 0 radical (unpaired) electrons. The van der Waals surface area contributed by atoms with Crippen molar-refractivity contribution in [3.05, 3.63) is 88.5 Å². The third-order valence-electron chi connectivity index (χ3n) is 6.63. The third kappa shape index (κ3) is 2.88. The summed E-state index contributed by atoms with van der Waals surface area (Å²) in [6.45, 7) is 8.26. The highest BCUT2D eigenvalue weighted by atomic mass is 19.1. The minimum absolute atomic E-state index is 0.246. The van der Waals surface area contributed by atoms with E-state index in [1.165, 1.54) is 23.3 Å². The standard InChI is InChI=1S/C29H25F2N/c1-5-8-20-16(3)21(13-11-18(20)6-2)27-17(4)26-22(9-7-10-24(26)31)29-28(27)23-15-19(30)12-14-25(23)32-29/h5,7-15,32H,6H2,1-4H3/b8-5-. The molecule has 32 heavy (non-hydrogen) atoms. The number of fused-ring (bicyclic) bond motifs is 5. The number of allylic oxidation sites excluding steroid dienone is 1. The van der Waals surface area contributed by atoms with E-state index in [9.17, 15) is 4.39 Å². The third-order valence-corrected chi connectivity index (χ3v) is 6.63. The Morgan fingerprint density at radius 1 is 0.906 bits per heavy atom. The Balaban J connectivity index is 2.05. The highest BCUT2D eigenvalue weighted by Crippen LogP contribution is 2.44. The summed E-state index contributed by atoms with van der Waals surface area (Å²) < 4.78 is 29.4. The lowest BCUT2D eigenvalue weighted by molar-refractivity contribution is 0.630. The van der Waals surface area contributed by atoms with E-state index in [4.69, 9.17) is 0 Å². The van der Waals surface area contributed by atoms with Gasteiger partial charge in [-0.15, -0.1) is 0 Å². The summed E-state index contributed by atoms with van der Waals surface area (Å²) in [6, 6.07) is 14.2. The second-order valence-electron chi connectivity index (χ2n) is 8.39. The highest BCUT2D eigenvalue weighted by molar-refractivity contribution is 6.24. The van der Waals surface area contributed by atoms with Crippen LogP contribution < -0.4 is 0 Å². The summed E-state index contributed by atoms with van der Waals surface area (Å²) in [7, 11) is 0. The van der Waals surface area contributed by atoms with Gasteiger partial charge in [0, 0.05) is 27.1 Å². The van der Waals surface area contributed by atoms with Gasteiger partial charge in [0.2, 0.25) is 0 Å². The smallest absolute Gasteiger partial charge is 0.131 e. The fourth-order valence-electron chi connectivity index (χ4n) is 5.15.